The summed E-state index contributed by atoms with van der Waals surface area (Å²) in [4.78, 5) is 18.8. The molecule has 15 heteroatoms. The Kier molecular flexibility index (Phi) is 6.47. The zero-order chi connectivity index (χ0) is 25.8. The van der Waals surface area contributed by atoms with Gasteiger partial charge in [0.1, 0.15) is 31.4 Å². The van der Waals surface area contributed by atoms with Crippen molar-refractivity contribution in [1.82, 2.24) is 24.8 Å². The minimum Gasteiger partial charge on any atom is -0.382 e. The van der Waals surface area contributed by atoms with Gasteiger partial charge in [-0.2, -0.15) is 5.10 Å². The van der Waals surface area contributed by atoms with Gasteiger partial charge in [-0.05, 0) is 31.2 Å². The first-order valence-electron chi connectivity index (χ1n) is 11.9. The van der Waals surface area contributed by atoms with E-state index in [-0.39, 0.29) is 25.4 Å². The molecule has 1 saturated heterocycles. The average molecular weight is 491 g/mol. The highest BCUT2D eigenvalue weighted by Crippen LogP contribution is 2.43. The summed E-state index contributed by atoms with van der Waals surface area (Å²) in [5.74, 6) is -5.71. The predicted molar refractivity (Wildman–Crippen MR) is 133 cm³/mol. The molecule has 7 nitrogen and oxygen atoms in total. The number of hydrogen-bond donors (Lipinski definition) is 1. The van der Waals surface area contributed by atoms with E-state index < -0.39 is 34.6 Å². The molecular weight excluding hydrogens is 461 g/mol. The number of halogens is 4. The minimum atomic E-state index is -3.26. The number of hydrogen-bond acceptors (Lipinski definition) is 4. The number of aromatic nitrogens is 3. The van der Waals surface area contributed by atoms with E-state index in [1.165, 1.54) is 44.7 Å². The molecule has 2 aliphatic rings. The van der Waals surface area contributed by atoms with Crippen molar-refractivity contribution in [1.29, 1.82) is 0 Å². The van der Waals surface area contributed by atoms with Gasteiger partial charge in [0.2, 0.25) is 5.92 Å². The third kappa shape index (κ3) is 4.56. The van der Waals surface area contributed by atoms with E-state index in [0.717, 1.165) is 10.6 Å². The third-order valence-electron chi connectivity index (χ3n) is 7.54. The fourth-order valence-corrected chi connectivity index (χ4v) is 5.41. The summed E-state index contributed by atoms with van der Waals surface area (Å²) in [7, 11) is 6.76. The molecule has 0 radical (unpaired) electrons. The summed E-state index contributed by atoms with van der Waals surface area (Å²) < 4.78 is 64.7. The molecule has 186 valence electrons. The second-order valence-electron chi connectivity index (χ2n) is 10.9. The number of methoxy groups -OCH3 is 1. The third-order valence-corrected chi connectivity index (χ3v) is 7.54. The number of carbonyl (C=O) groups is 1. The van der Waals surface area contributed by atoms with Crippen LogP contribution in [0.5, 0.6) is 0 Å². The van der Waals surface area contributed by atoms with E-state index in [4.69, 9.17) is 4.74 Å². The van der Waals surface area contributed by atoms with Crippen LogP contribution < -0.4 is 5.32 Å². The van der Waals surface area contributed by atoms with Gasteiger partial charge in [-0.1, -0.05) is 0 Å². The van der Waals surface area contributed by atoms with Gasteiger partial charge in [-0.3, -0.25) is 0 Å². The minimum absolute atomic E-state index is 0.0188. The fourth-order valence-electron chi connectivity index (χ4n) is 5.41. The molecule has 2 aromatic rings. The van der Waals surface area contributed by atoms with Crippen LogP contribution in [0.4, 0.5) is 22.4 Å². The highest BCUT2D eigenvalue weighted by atomic mass is 19.3. The van der Waals surface area contributed by atoms with Crippen molar-refractivity contribution < 1.29 is 27.1 Å². The Morgan fingerprint density at radius 2 is 1.86 bits per heavy atom. The molecule has 2 aromatic heterocycles. The number of carbonyl (C=O) groups excluding carboxylic acids is 1. The van der Waals surface area contributed by atoms with E-state index in [0.29, 0.717) is 30.5 Å². The average Bonchev–Trinajstić information content (AvgIpc) is 3.15. The lowest BCUT2D eigenvalue weighted by Crippen LogP contribution is -2.83. The lowest BCUT2D eigenvalue weighted by Gasteiger charge is -2.57. The van der Waals surface area contributed by atoms with E-state index in [9.17, 15) is 13.6 Å². The zero-order valence-corrected chi connectivity index (χ0v) is 20.7. The first kappa shape index (κ1) is 25.9. The standard InChI is InChI=1S/C20H29B4F4N5O2/c1-35-10-14(33-16(34)31-19(21,22)18(27,28)20(33,23)24)12-7-15-30-13(9-32(15)29-8-12)6-11-2-4-17(25,26)5-3-11/h7-9,11,14H,2-6,10,21-24H2,1H3,(H,31,34)/t14-/m1/s1. The van der Waals surface area contributed by atoms with Crippen LogP contribution in [0.3, 0.4) is 0 Å². The van der Waals surface area contributed by atoms with Crippen LogP contribution in [0.1, 0.15) is 43.0 Å². The number of nitrogens with one attached hydrogen (secondary N) is 1. The van der Waals surface area contributed by atoms with Crippen LogP contribution in [0.15, 0.2) is 18.5 Å². The highest BCUT2D eigenvalue weighted by Gasteiger charge is 2.65. The van der Waals surface area contributed by atoms with Gasteiger partial charge in [-0.15, -0.1) is 0 Å². The monoisotopic (exact) mass is 491 g/mol. The summed E-state index contributed by atoms with van der Waals surface area (Å²) in [5, 5.41) is 3.27. The first-order chi connectivity index (χ1) is 16.2. The SMILES string of the molecule is BC1(B)NC(=O)N([C@H](COC)c2cnn3cc(CC4CCC(F)(F)CC4)nc3c2)C(B)(B)C1(F)F. The number of fused-ring (bicyclic) bond motifs is 1. The largest absolute Gasteiger partial charge is 0.382 e. The van der Waals surface area contributed by atoms with Crippen molar-refractivity contribution >= 4 is 43.1 Å². The van der Waals surface area contributed by atoms with Gasteiger partial charge in [0.15, 0.2) is 5.65 Å². The molecule has 1 aliphatic heterocycles. The van der Waals surface area contributed by atoms with Gasteiger partial charge < -0.3 is 15.0 Å². The van der Waals surface area contributed by atoms with E-state index in [1.807, 2.05) is 0 Å². The van der Waals surface area contributed by atoms with Gasteiger partial charge in [0, 0.05) is 36.2 Å². The molecule has 4 rings (SSSR count). The smallest absolute Gasteiger partial charge is 0.316 e. The van der Waals surface area contributed by atoms with Crippen LogP contribution in [-0.4, -0.2) is 93.2 Å². The molecule has 3 heterocycles. The Labute approximate surface area is 205 Å². The second-order valence-corrected chi connectivity index (χ2v) is 10.9. The molecule has 0 spiro atoms. The van der Waals surface area contributed by atoms with Crippen molar-refractivity contribution in [3.8, 4) is 0 Å². The Bertz CT molecular complexity index is 1110. The number of amides is 2. The fraction of sp³-hybridized carbons (Fsp3) is 0.650. The molecule has 0 aromatic carbocycles. The van der Waals surface area contributed by atoms with Crippen LogP contribution in [0, 0.1) is 5.92 Å². The number of imidazole rings is 1. The topological polar surface area (TPSA) is 71.8 Å². The van der Waals surface area contributed by atoms with Gasteiger partial charge in [0.25, 0.3) is 5.92 Å². The number of rotatable bonds is 6. The van der Waals surface area contributed by atoms with E-state index >= 15 is 8.78 Å². The van der Waals surface area contributed by atoms with Gasteiger partial charge in [0.05, 0.1) is 30.7 Å². The summed E-state index contributed by atoms with van der Waals surface area (Å²) >= 11 is 0. The van der Waals surface area contributed by atoms with Crippen molar-refractivity contribution in [2.75, 3.05) is 13.7 Å². The predicted octanol–water partition coefficient (Wildman–Crippen LogP) is -0.715. The molecule has 1 saturated carbocycles. The summed E-state index contributed by atoms with van der Waals surface area (Å²) in [6.07, 6.45) is 4.51. The van der Waals surface area contributed by atoms with Gasteiger partial charge in [-0.25, -0.2) is 31.9 Å². The van der Waals surface area contributed by atoms with Crippen LogP contribution in [0.2, 0.25) is 0 Å². The summed E-state index contributed by atoms with van der Waals surface area (Å²) in [6.45, 7) is -0.0188. The molecule has 0 unspecified atom stereocenters. The maximum Gasteiger partial charge on any atom is 0.316 e. The second kappa shape index (κ2) is 8.74. The first-order valence-corrected chi connectivity index (χ1v) is 11.9. The quantitative estimate of drug-likeness (QED) is 0.429. The number of nitrogens with zero attached hydrogens (tertiary/aromatic N) is 4. The van der Waals surface area contributed by atoms with Crippen molar-refractivity contribution in [2.45, 2.75) is 60.7 Å². The maximum absolute atomic E-state index is 15.5. The molecule has 1 aliphatic carbocycles. The Morgan fingerprint density at radius 3 is 2.49 bits per heavy atom. The molecule has 1 atom stereocenters. The van der Waals surface area contributed by atoms with Gasteiger partial charge >= 0.3 is 6.03 Å². The lowest BCUT2D eigenvalue weighted by molar-refractivity contribution is -0.108. The molecule has 1 N–H and O–H groups in total. The van der Waals surface area contributed by atoms with Crippen molar-refractivity contribution in [2.24, 2.45) is 5.92 Å². The normalized spacial score (nSPS) is 24.3. The summed E-state index contributed by atoms with van der Waals surface area (Å²) in [5.41, 5.74) is 1.73. The molecule has 0 bridgehead atoms. The molecular formula is C20H29B4F4N5O2. The molecule has 2 fully saturated rings. The van der Waals surface area contributed by atoms with E-state index in [1.54, 1.807) is 16.8 Å². The van der Waals surface area contributed by atoms with Crippen LogP contribution in [0.25, 0.3) is 5.65 Å². The zero-order valence-electron chi connectivity index (χ0n) is 20.7. The lowest BCUT2D eigenvalue weighted by atomic mass is 9.43. The van der Waals surface area contributed by atoms with E-state index in [2.05, 4.69) is 15.4 Å². The number of alkyl halides is 4. The maximum atomic E-state index is 15.5. The van der Waals surface area contributed by atoms with Crippen LogP contribution in [-0.2, 0) is 11.2 Å². The molecule has 2 amide bonds. The number of ether oxygens (including phenoxy) is 1. The Hall–Kier alpha value is -2.17. The van der Waals surface area contributed by atoms with Crippen LogP contribution >= 0.6 is 0 Å². The molecule has 35 heavy (non-hydrogen) atoms. The highest BCUT2D eigenvalue weighted by molar-refractivity contribution is 6.48. The number of urea groups is 1. The summed E-state index contributed by atoms with van der Waals surface area (Å²) in [6, 6.07) is 0.248. The van der Waals surface area contributed by atoms with Crippen molar-refractivity contribution in [3.63, 3.8) is 0 Å². The Morgan fingerprint density at radius 1 is 1.20 bits per heavy atom. The Balaban J connectivity index is 1.62. The van der Waals surface area contributed by atoms with Crippen molar-refractivity contribution in [3.05, 3.63) is 29.7 Å².